The molecular weight excluding hydrogens is 637 g/mol. The lowest BCUT2D eigenvalue weighted by Gasteiger charge is -2.27. The van der Waals surface area contributed by atoms with Gasteiger partial charge < -0.3 is 9.47 Å². The molecule has 0 aliphatic carbocycles. The van der Waals surface area contributed by atoms with Gasteiger partial charge in [0.15, 0.2) is 0 Å². The molecule has 0 bridgehead atoms. The van der Waals surface area contributed by atoms with Gasteiger partial charge in [0.25, 0.3) is 0 Å². The Balaban J connectivity index is 1.19. The van der Waals surface area contributed by atoms with Gasteiger partial charge in [-0.1, -0.05) is 115 Å². The second kappa shape index (κ2) is 11.0. The maximum atomic E-state index is 2.46. The van der Waals surface area contributed by atoms with Crippen LogP contribution in [0.4, 0.5) is 17.1 Å². The van der Waals surface area contributed by atoms with Crippen LogP contribution in [0.15, 0.2) is 182 Å². The van der Waals surface area contributed by atoms with Crippen LogP contribution >= 0.6 is 11.3 Å². The number of thiophene rings is 1. The van der Waals surface area contributed by atoms with Gasteiger partial charge in [-0.25, -0.2) is 0 Å². The molecular formula is C48H30N2S. The summed E-state index contributed by atoms with van der Waals surface area (Å²) in [5, 5.41) is 5.15. The van der Waals surface area contributed by atoms with Crippen molar-refractivity contribution in [2.45, 2.75) is 0 Å². The summed E-state index contributed by atoms with van der Waals surface area (Å²) >= 11 is 1.86. The number of hydrogen-bond acceptors (Lipinski definition) is 2. The van der Waals surface area contributed by atoms with Crippen LogP contribution in [0.1, 0.15) is 0 Å². The first kappa shape index (κ1) is 28.4. The number of para-hydroxylation sites is 3. The van der Waals surface area contributed by atoms with Crippen LogP contribution in [0.25, 0.3) is 81.0 Å². The van der Waals surface area contributed by atoms with Crippen molar-refractivity contribution in [3.8, 4) is 39.1 Å². The highest BCUT2D eigenvalue weighted by atomic mass is 32.1. The van der Waals surface area contributed by atoms with Gasteiger partial charge in [-0.05, 0) is 89.0 Å². The van der Waals surface area contributed by atoms with Crippen molar-refractivity contribution in [2.24, 2.45) is 0 Å². The van der Waals surface area contributed by atoms with Gasteiger partial charge in [0, 0.05) is 53.4 Å². The monoisotopic (exact) mass is 666 g/mol. The molecule has 0 atom stereocenters. The van der Waals surface area contributed by atoms with Gasteiger partial charge in [-0.3, -0.25) is 0 Å². The van der Waals surface area contributed by atoms with E-state index in [0.29, 0.717) is 0 Å². The second-order valence-electron chi connectivity index (χ2n) is 13.3. The van der Waals surface area contributed by atoms with Crippen molar-refractivity contribution in [3.05, 3.63) is 182 Å². The third kappa shape index (κ3) is 4.22. The van der Waals surface area contributed by atoms with Crippen molar-refractivity contribution in [2.75, 3.05) is 4.90 Å². The predicted molar refractivity (Wildman–Crippen MR) is 218 cm³/mol. The Morgan fingerprint density at radius 2 is 1.06 bits per heavy atom. The lowest BCUT2D eigenvalue weighted by molar-refractivity contribution is 1.18. The predicted octanol–water partition coefficient (Wildman–Crippen LogP) is 13.9. The summed E-state index contributed by atoms with van der Waals surface area (Å²) in [6.07, 6.45) is 0. The van der Waals surface area contributed by atoms with E-state index in [1.165, 1.54) is 86.7 Å². The first-order valence-electron chi connectivity index (χ1n) is 17.4. The molecule has 10 aromatic rings. The Kier molecular flexibility index (Phi) is 6.16. The van der Waals surface area contributed by atoms with E-state index in [4.69, 9.17) is 0 Å². The van der Waals surface area contributed by atoms with Crippen molar-refractivity contribution in [1.29, 1.82) is 0 Å². The molecule has 51 heavy (non-hydrogen) atoms. The summed E-state index contributed by atoms with van der Waals surface area (Å²) in [5.41, 5.74) is 14.5. The number of benzene rings is 8. The third-order valence-electron chi connectivity index (χ3n) is 10.5. The molecule has 0 saturated heterocycles. The molecule has 0 amide bonds. The molecule has 0 spiro atoms. The highest BCUT2D eigenvalue weighted by molar-refractivity contribution is 7.25. The zero-order valence-electron chi connectivity index (χ0n) is 27.6. The molecule has 0 fully saturated rings. The molecule has 0 radical (unpaired) electrons. The van der Waals surface area contributed by atoms with E-state index < -0.39 is 0 Å². The van der Waals surface area contributed by atoms with E-state index >= 15 is 0 Å². The topological polar surface area (TPSA) is 8.17 Å². The summed E-state index contributed by atoms with van der Waals surface area (Å²) in [5.74, 6) is 0. The number of anilines is 3. The van der Waals surface area contributed by atoms with Gasteiger partial charge in [-0.2, -0.15) is 0 Å². The quantitative estimate of drug-likeness (QED) is 0.182. The maximum Gasteiger partial charge on any atom is 0.0548 e. The number of fused-ring (bicyclic) bond motifs is 12. The zero-order chi connectivity index (χ0) is 33.5. The van der Waals surface area contributed by atoms with Gasteiger partial charge in [0.1, 0.15) is 0 Å². The normalized spacial score (nSPS) is 12.3. The molecule has 3 heterocycles. The van der Waals surface area contributed by atoms with Crippen LogP contribution < -0.4 is 4.90 Å². The third-order valence-corrected chi connectivity index (χ3v) is 11.7. The fraction of sp³-hybridized carbons (Fsp3) is 0. The summed E-state index contributed by atoms with van der Waals surface area (Å²) < 4.78 is 5.12. The van der Waals surface area contributed by atoms with Crippen LogP contribution in [0.2, 0.25) is 0 Å². The Bertz CT molecular complexity index is 2980. The first-order valence-corrected chi connectivity index (χ1v) is 18.3. The fourth-order valence-electron chi connectivity index (χ4n) is 8.33. The van der Waals surface area contributed by atoms with E-state index in [9.17, 15) is 0 Å². The molecule has 0 unspecified atom stereocenters. The van der Waals surface area contributed by atoms with Gasteiger partial charge in [0.2, 0.25) is 0 Å². The second-order valence-corrected chi connectivity index (χ2v) is 14.4. The summed E-state index contributed by atoms with van der Waals surface area (Å²) in [4.78, 5) is 2.45. The van der Waals surface area contributed by atoms with Gasteiger partial charge >= 0.3 is 0 Å². The average molecular weight is 667 g/mol. The fourth-order valence-corrected chi connectivity index (χ4v) is 9.42. The van der Waals surface area contributed by atoms with E-state index in [1.807, 2.05) is 11.3 Å². The molecule has 0 N–H and O–H groups in total. The van der Waals surface area contributed by atoms with Gasteiger partial charge in [-0.15, -0.1) is 11.3 Å². The standard InChI is InChI=1S/C48H30N2S/c1-2-14-33(15-3-1)49-41-22-9-6-18-36(41)35-17-4-5-20-38(35)47-43(49)26-27-44-48(47)39-21-7-10-23-42(39)50(44)34-16-12-13-31(29-34)32-25-28-46-40(30-32)37-19-8-11-24-45(37)51-46/h1-30H. The Morgan fingerprint density at radius 3 is 1.96 bits per heavy atom. The molecule has 2 aromatic heterocycles. The highest BCUT2D eigenvalue weighted by Crippen LogP contribution is 2.54. The smallest absolute Gasteiger partial charge is 0.0548 e. The molecule has 3 heteroatoms. The number of rotatable bonds is 3. The lowest BCUT2D eigenvalue weighted by Crippen LogP contribution is -2.10. The SMILES string of the molecule is c1ccc(N2c3ccccc3-c3ccccc3-c3c2ccc2c3c3ccccc3n2-c2cccc(-c3ccc4sc5ccccc5c4c3)c2)cc1. The van der Waals surface area contributed by atoms with Crippen LogP contribution in [0.5, 0.6) is 0 Å². The molecule has 1 aliphatic heterocycles. The Hall–Kier alpha value is -6.42. The minimum atomic E-state index is 1.14. The van der Waals surface area contributed by atoms with Crippen molar-refractivity contribution >= 4 is 70.4 Å². The van der Waals surface area contributed by atoms with Crippen molar-refractivity contribution in [3.63, 3.8) is 0 Å². The van der Waals surface area contributed by atoms with Crippen molar-refractivity contribution in [1.82, 2.24) is 4.57 Å². The number of aromatic nitrogens is 1. The van der Waals surface area contributed by atoms with Crippen molar-refractivity contribution < 1.29 is 0 Å². The van der Waals surface area contributed by atoms with Crippen LogP contribution in [-0.4, -0.2) is 4.57 Å². The van der Waals surface area contributed by atoms with E-state index in [2.05, 4.69) is 191 Å². The molecule has 2 nitrogen and oxygen atoms in total. The average Bonchev–Trinajstić information content (AvgIpc) is 3.70. The summed E-state index contributed by atoms with van der Waals surface area (Å²) in [6.45, 7) is 0. The summed E-state index contributed by atoms with van der Waals surface area (Å²) in [7, 11) is 0. The number of nitrogens with zero attached hydrogens (tertiary/aromatic N) is 2. The first-order chi connectivity index (χ1) is 25.3. The molecule has 8 aromatic carbocycles. The van der Waals surface area contributed by atoms with E-state index in [0.717, 1.165) is 11.4 Å². The van der Waals surface area contributed by atoms with Gasteiger partial charge in [0.05, 0.1) is 22.4 Å². The molecule has 238 valence electrons. The zero-order valence-corrected chi connectivity index (χ0v) is 28.4. The minimum Gasteiger partial charge on any atom is -0.309 e. The Labute approximate surface area is 299 Å². The largest absolute Gasteiger partial charge is 0.309 e. The molecule has 11 rings (SSSR count). The number of hydrogen-bond donors (Lipinski definition) is 0. The highest BCUT2D eigenvalue weighted by Gasteiger charge is 2.29. The van der Waals surface area contributed by atoms with Crippen LogP contribution in [-0.2, 0) is 0 Å². The Morgan fingerprint density at radius 1 is 0.373 bits per heavy atom. The van der Waals surface area contributed by atoms with Crippen LogP contribution in [0, 0.1) is 0 Å². The molecule has 1 aliphatic rings. The maximum absolute atomic E-state index is 2.46. The van der Waals surface area contributed by atoms with E-state index in [1.54, 1.807) is 0 Å². The minimum absolute atomic E-state index is 1.14. The lowest BCUT2D eigenvalue weighted by atomic mass is 9.92. The molecule has 0 saturated carbocycles. The van der Waals surface area contributed by atoms with E-state index in [-0.39, 0.29) is 0 Å². The van der Waals surface area contributed by atoms with Crippen LogP contribution in [0.3, 0.4) is 0 Å². The summed E-state index contributed by atoms with van der Waals surface area (Å²) in [6, 6.07) is 66.8.